The second-order valence-electron chi connectivity index (χ2n) is 5.42. The van der Waals surface area contributed by atoms with Crippen LogP contribution in [0.5, 0.6) is 0 Å². The Labute approximate surface area is 125 Å². The van der Waals surface area contributed by atoms with Gasteiger partial charge in [0, 0.05) is 35.4 Å². The van der Waals surface area contributed by atoms with E-state index in [0.29, 0.717) is 16.3 Å². The van der Waals surface area contributed by atoms with Crippen LogP contribution >= 0.6 is 15.9 Å². The fraction of sp³-hybridized carbons (Fsp3) is 0.615. The molecule has 2 aliphatic heterocycles. The smallest absolute Gasteiger partial charge is 0.312 e. The van der Waals surface area contributed by atoms with E-state index in [4.69, 9.17) is 0 Å². The van der Waals surface area contributed by atoms with Gasteiger partial charge in [-0.3, -0.25) is 15.0 Å². The van der Waals surface area contributed by atoms with Gasteiger partial charge in [-0.25, -0.2) is 4.98 Å². The number of halogens is 1. The Morgan fingerprint density at radius 3 is 3.05 bits per heavy atom. The first-order valence-electron chi connectivity index (χ1n) is 6.95. The van der Waals surface area contributed by atoms with Crippen LogP contribution in [0.4, 0.5) is 11.5 Å². The molecule has 2 atom stereocenters. The van der Waals surface area contributed by atoms with E-state index >= 15 is 0 Å². The van der Waals surface area contributed by atoms with Crippen molar-refractivity contribution in [2.75, 3.05) is 18.4 Å². The third-order valence-corrected chi connectivity index (χ3v) is 4.64. The van der Waals surface area contributed by atoms with Gasteiger partial charge in [-0.2, -0.15) is 0 Å². The molecule has 1 N–H and O–H groups in total. The Balaban J connectivity index is 1.79. The first-order valence-corrected chi connectivity index (χ1v) is 7.75. The molecule has 2 unspecified atom stereocenters. The monoisotopic (exact) mass is 340 g/mol. The second kappa shape index (κ2) is 5.65. The van der Waals surface area contributed by atoms with Crippen molar-refractivity contribution in [3.8, 4) is 0 Å². The molecule has 3 heterocycles. The van der Waals surface area contributed by atoms with E-state index in [-0.39, 0.29) is 16.7 Å². The van der Waals surface area contributed by atoms with Gasteiger partial charge in [0.2, 0.25) is 5.82 Å². The van der Waals surface area contributed by atoms with E-state index in [0.717, 1.165) is 19.5 Å². The lowest BCUT2D eigenvalue weighted by Gasteiger charge is -2.32. The van der Waals surface area contributed by atoms with Crippen LogP contribution in [0.1, 0.15) is 25.7 Å². The Morgan fingerprint density at radius 2 is 2.25 bits per heavy atom. The summed E-state index contributed by atoms with van der Waals surface area (Å²) < 4.78 is 0.625. The van der Waals surface area contributed by atoms with Gasteiger partial charge in [0.1, 0.15) is 0 Å². The van der Waals surface area contributed by atoms with Crippen LogP contribution in [0.25, 0.3) is 0 Å². The van der Waals surface area contributed by atoms with Gasteiger partial charge in [-0.05, 0) is 41.7 Å². The van der Waals surface area contributed by atoms with Gasteiger partial charge in [-0.15, -0.1) is 0 Å². The Bertz CT molecular complexity index is 525. The van der Waals surface area contributed by atoms with Crippen molar-refractivity contribution in [2.24, 2.45) is 0 Å². The molecule has 0 spiro atoms. The van der Waals surface area contributed by atoms with E-state index in [1.807, 2.05) is 0 Å². The minimum atomic E-state index is -0.381. The molecule has 1 aromatic heterocycles. The van der Waals surface area contributed by atoms with Crippen molar-refractivity contribution in [1.29, 1.82) is 0 Å². The van der Waals surface area contributed by atoms with Crippen molar-refractivity contribution in [1.82, 2.24) is 9.88 Å². The molecule has 0 radical (unpaired) electrons. The van der Waals surface area contributed by atoms with Crippen LogP contribution in [0.15, 0.2) is 16.7 Å². The third-order valence-electron chi connectivity index (χ3n) is 4.21. The molecular formula is C13H17BrN4O2. The van der Waals surface area contributed by atoms with E-state index in [1.54, 1.807) is 6.20 Å². The molecule has 2 fully saturated rings. The number of rotatable bonds is 3. The number of nitrogens with one attached hydrogen (secondary N) is 1. The molecular weight excluding hydrogens is 324 g/mol. The summed E-state index contributed by atoms with van der Waals surface area (Å²) in [7, 11) is 0. The molecule has 2 saturated heterocycles. The number of nitro groups is 1. The third kappa shape index (κ3) is 2.64. The van der Waals surface area contributed by atoms with Gasteiger partial charge in [0.05, 0.1) is 4.92 Å². The summed E-state index contributed by atoms with van der Waals surface area (Å²) >= 11 is 3.23. The summed E-state index contributed by atoms with van der Waals surface area (Å²) in [6.45, 7) is 2.23. The summed E-state index contributed by atoms with van der Waals surface area (Å²) in [5, 5.41) is 14.4. The molecule has 20 heavy (non-hydrogen) atoms. The van der Waals surface area contributed by atoms with Gasteiger partial charge in [-0.1, -0.05) is 6.42 Å². The quantitative estimate of drug-likeness (QED) is 0.676. The van der Waals surface area contributed by atoms with E-state index in [1.165, 1.54) is 25.3 Å². The highest BCUT2D eigenvalue weighted by atomic mass is 79.9. The Hall–Kier alpha value is -1.21. The van der Waals surface area contributed by atoms with Crippen LogP contribution in [0.3, 0.4) is 0 Å². The molecule has 0 aliphatic carbocycles. The van der Waals surface area contributed by atoms with E-state index < -0.39 is 0 Å². The number of pyridine rings is 1. The van der Waals surface area contributed by atoms with E-state index in [2.05, 4.69) is 31.1 Å². The molecule has 108 valence electrons. The minimum absolute atomic E-state index is 0.0358. The number of anilines is 1. The maximum atomic E-state index is 11.1. The lowest BCUT2D eigenvalue weighted by molar-refractivity contribution is -0.384. The summed E-state index contributed by atoms with van der Waals surface area (Å²) in [5.41, 5.74) is 0.0358. The number of nitrogens with zero attached hydrogens (tertiary/aromatic N) is 3. The molecule has 0 bridgehead atoms. The van der Waals surface area contributed by atoms with Gasteiger partial charge in [0.15, 0.2) is 0 Å². The molecule has 0 aromatic carbocycles. The van der Waals surface area contributed by atoms with Crippen LogP contribution in [-0.2, 0) is 0 Å². The fourth-order valence-corrected chi connectivity index (χ4v) is 3.59. The van der Waals surface area contributed by atoms with Crippen LogP contribution in [-0.4, -0.2) is 40.0 Å². The molecule has 1 aromatic rings. The molecule has 6 nitrogen and oxygen atoms in total. The average Bonchev–Trinajstić information content (AvgIpc) is 2.84. The van der Waals surface area contributed by atoms with Gasteiger partial charge < -0.3 is 5.32 Å². The molecule has 0 amide bonds. The highest BCUT2D eigenvalue weighted by Crippen LogP contribution is 2.32. The van der Waals surface area contributed by atoms with Crippen molar-refractivity contribution >= 4 is 27.4 Å². The topological polar surface area (TPSA) is 71.3 Å². The van der Waals surface area contributed by atoms with Crippen LogP contribution in [0, 0.1) is 10.1 Å². The molecule has 3 rings (SSSR count). The summed E-state index contributed by atoms with van der Waals surface area (Å²) in [5.74, 6) is 0.385. The lowest BCUT2D eigenvalue weighted by Crippen LogP contribution is -2.41. The number of hydrogen-bond acceptors (Lipinski definition) is 5. The van der Waals surface area contributed by atoms with Crippen LogP contribution in [0.2, 0.25) is 0 Å². The van der Waals surface area contributed by atoms with Crippen molar-refractivity contribution in [2.45, 2.75) is 37.8 Å². The summed E-state index contributed by atoms with van der Waals surface area (Å²) in [6.07, 6.45) is 6.31. The van der Waals surface area contributed by atoms with Crippen molar-refractivity contribution in [3.63, 3.8) is 0 Å². The highest BCUT2D eigenvalue weighted by Gasteiger charge is 2.36. The summed E-state index contributed by atoms with van der Waals surface area (Å²) in [4.78, 5) is 17.4. The molecule has 0 saturated carbocycles. The number of piperidine rings is 1. The molecule has 2 aliphatic rings. The standard InChI is InChI=1S/C13H17BrN4O2/c14-9-7-12(18(19)20)13(15-8-9)16-10-4-6-17-5-2-1-3-11(10)17/h7-8,10-11H,1-6H2,(H,15,16). The fourth-order valence-electron chi connectivity index (χ4n) is 3.27. The average molecular weight is 341 g/mol. The van der Waals surface area contributed by atoms with Gasteiger partial charge in [0.25, 0.3) is 0 Å². The Kier molecular flexibility index (Phi) is 3.89. The van der Waals surface area contributed by atoms with Crippen molar-refractivity contribution in [3.05, 3.63) is 26.9 Å². The van der Waals surface area contributed by atoms with E-state index in [9.17, 15) is 10.1 Å². The first-order chi connectivity index (χ1) is 9.65. The first kappa shape index (κ1) is 13.8. The highest BCUT2D eigenvalue weighted by molar-refractivity contribution is 9.10. The van der Waals surface area contributed by atoms with Crippen molar-refractivity contribution < 1.29 is 4.92 Å². The lowest BCUT2D eigenvalue weighted by atomic mass is 9.99. The SMILES string of the molecule is O=[N+]([O-])c1cc(Br)cnc1NC1CCN2CCCCC12. The largest absolute Gasteiger partial charge is 0.360 e. The zero-order valence-corrected chi connectivity index (χ0v) is 12.7. The minimum Gasteiger partial charge on any atom is -0.360 e. The second-order valence-corrected chi connectivity index (χ2v) is 6.33. The maximum absolute atomic E-state index is 11.1. The molecule has 7 heteroatoms. The van der Waals surface area contributed by atoms with Crippen LogP contribution < -0.4 is 5.32 Å². The normalized spacial score (nSPS) is 26.2. The summed E-state index contributed by atoms with van der Waals surface area (Å²) in [6, 6.07) is 2.26. The predicted molar refractivity (Wildman–Crippen MR) is 79.8 cm³/mol. The van der Waals surface area contributed by atoms with Gasteiger partial charge >= 0.3 is 5.69 Å². The zero-order chi connectivity index (χ0) is 14.1. The number of fused-ring (bicyclic) bond motifs is 1. The Morgan fingerprint density at radius 1 is 1.40 bits per heavy atom. The number of hydrogen-bond donors (Lipinski definition) is 1. The number of aromatic nitrogens is 1. The predicted octanol–water partition coefficient (Wildman–Crippen LogP) is 2.79. The maximum Gasteiger partial charge on any atom is 0.312 e. The zero-order valence-electron chi connectivity index (χ0n) is 11.1.